The fourth-order valence-corrected chi connectivity index (χ4v) is 8.71. The maximum Gasteiger partial charge on any atom is 0.229 e. The highest BCUT2D eigenvalue weighted by Crippen LogP contribution is 2.41. The second kappa shape index (κ2) is 8.49. The number of fused-ring (bicyclic) bond motifs is 2. The Labute approximate surface area is 209 Å². The van der Waals surface area contributed by atoms with Crippen molar-refractivity contribution in [1.82, 2.24) is 14.3 Å². The Morgan fingerprint density at radius 1 is 0.944 bits per heavy atom. The summed E-state index contributed by atoms with van der Waals surface area (Å²) in [6, 6.07) is 3.12. The molecule has 0 amide bonds. The molecule has 3 heterocycles. The second-order valence-electron chi connectivity index (χ2n) is 9.85. The van der Waals surface area contributed by atoms with Gasteiger partial charge in [-0.1, -0.05) is 12.2 Å². The number of hydrogen-bond donors (Lipinski definition) is 0. The number of aromatic nitrogens is 2. The Morgan fingerprint density at radius 3 is 2.19 bits per heavy atom. The summed E-state index contributed by atoms with van der Waals surface area (Å²) in [4.78, 5) is 8.24. The van der Waals surface area contributed by atoms with E-state index in [1.807, 2.05) is 12.2 Å². The van der Waals surface area contributed by atoms with E-state index in [-0.39, 0.29) is 45.8 Å². The first-order chi connectivity index (χ1) is 17.1. The lowest BCUT2D eigenvalue weighted by Gasteiger charge is -2.38. The molecule has 6 rings (SSSR count). The average Bonchev–Trinajstić information content (AvgIpc) is 3.73. The molecule has 1 aromatic carbocycles. The van der Waals surface area contributed by atoms with Gasteiger partial charge in [0.25, 0.3) is 0 Å². The summed E-state index contributed by atoms with van der Waals surface area (Å²) < 4.78 is 78.6. The SMILES string of the molecule is Cc1c(Oc2ccc(S(=O)(=O)C3CC3)cc2F)ncnc1OC1CC2C=CC(C1)N2S(=O)(=O)C1CC1. The highest BCUT2D eigenvalue weighted by Gasteiger charge is 2.50. The van der Waals surface area contributed by atoms with Gasteiger partial charge in [-0.2, -0.15) is 4.31 Å². The molecular formula is C24H26FN3O6S2. The van der Waals surface area contributed by atoms with E-state index in [4.69, 9.17) is 9.47 Å². The molecule has 0 spiro atoms. The number of sulfone groups is 1. The van der Waals surface area contributed by atoms with Crippen molar-refractivity contribution in [2.24, 2.45) is 0 Å². The quantitative estimate of drug-likeness (QED) is 0.473. The number of piperidine rings is 1. The van der Waals surface area contributed by atoms with Gasteiger partial charge in [0.05, 0.1) is 21.0 Å². The predicted molar refractivity (Wildman–Crippen MR) is 128 cm³/mol. The molecule has 0 radical (unpaired) electrons. The molecule has 1 aromatic heterocycles. The molecular weight excluding hydrogens is 509 g/mol. The summed E-state index contributed by atoms with van der Waals surface area (Å²) in [7, 11) is -6.81. The van der Waals surface area contributed by atoms with Crippen LogP contribution in [0.1, 0.15) is 44.1 Å². The molecule has 3 fully saturated rings. The standard InChI is InChI=1S/C24H26FN3O6S2/c1-14-23(33-17-10-15-2-3-16(11-17)28(15)36(31,32)19-6-7-19)26-13-27-24(14)34-22-9-8-20(12-21(22)25)35(29,30)18-4-5-18/h2-3,8-9,12-13,15-19H,4-7,10-11H2,1H3. The largest absolute Gasteiger partial charge is 0.474 e. The molecule has 12 heteroatoms. The molecule has 2 bridgehead atoms. The molecule has 2 aliphatic carbocycles. The normalized spacial score (nSPS) is 26.2. The minimum Gasteiger partial charge on any atom is -0.474 e. The Bertz CT molecular complexity index is 1440. The van der Waals surface area contributed by atoms with Crippen molar-refractivity contribution in [3.63, 3.8) is 0 Å². The van der Waals surface area contributed by atoms with Gasteiger partial charge in [-0.3, -0.25) is 0 Å². The fraction of sp³-hybridized carbons (Fsp3) is 0.500. The van der Waals surface area contributed by atoms with Crippen molar-refractivity contribution in [1.29, 1.82) is 0 Å². The number of rotatable bonds is 8. The Kier molecular flexibility index (Phi) is 5.61. The van der Waals surface area contributed by atoms with Crippen molar-refractivity contribution in [3.05, 3.63) is 48.1 Å². The third kappa shape index (κ3) is 4.18. The molecule has 2 atom stereocenters. The summed E-state index contributed by atoms with van der Waals surface area (Å²) >= 11 is 0. The lowest BCUT2D eigenvalue weighted by molar-refractivity contribution is 0.0979. The van der Waals surface area contributed by atoms with Gasteiger partial charge < -0.3 is 9.47 Å². The minimum atomic E-state index is -3.52. The lowest BCUT2D eigenvalue weighted by Crippen LogP contribution is -2.50. The number of nitrogens with zero attached hydrogens (tertiary/aromatic N) is 3. The molecule has 1 saturated heterocycles. The number of sulfonamides is 1. The van der Waals surface area contributed by atoms with Crippen LogP contribution >= 0.6 is 0 Å². The topological polar surface area (TPSA) is 116 Å². The van der Waals surface area contributed by atoms with Crippen molar-refractivity contribution in [2.45, 2.75) is 79.0 Å². The van der Waals surface area contributed by atoms with E-state index in [9.17, 15) is 21.2 Å². The van der Waals surface area contributed by atoms with Gasteiger partial charge in [-0.05, 0) is 50.8 Å². The van der Waals surface area contributed by atoms with E-state index in [0.29, 0.717) is 31.2 Å². The van der Waals surface area contributed by atoms with Crippen LogP contribution in [0, 0.1) is 12.7 Å². The highest BCUT2D eigenvalue weighted by molar-refractivity contribution is 7.92. The number of halogens is 1. The molecule has 9 nitrogen and oxygen atoms in total. The van der Waals surface area contributed by atoms with E-state index >= 15 is 0 Å². The predicted octanol–water partition coefficient (Wildman–Crippen LogP) is 3.29. The van der Waals surface area contributed by atoms with Gasteiger partial charge in [0.2, 0.25) is 21.8 Å². The molecule has 36 heavy (non-hydrogen) atoms. The van der Waals surface area contributed by atoms with Gasteiger partial charge >= 0.3 is 0 Å². The maximum absolute atomic E-state index is 14.7. The van der Waals surface area contributed by atoms with E-state index in [0.717, 1.165) is 18.9 Å². The number of hydrogen-bond acceptors (Lipinski definition) is 8. The Hall–Kier alpha value is -2.57. The lowest BCUT2D eigenvalue weighted by atomic mass is 10.0. The first-order valence-corrected chi connectivity index (χ1v) is 15.1. The molecule has 2 aliphatic heterocycles. The summed E-state index contributed by atoms with van der Waals surface area (Å²) in [6.07, 6.45) is 8.51. The first-order valence-electron chi connectivity index (χ1n) is 12.0. The van der Waals surface area contributed by atoms with Gasteiger partial charge in [-0.15, -0.1) is 0 Å². The third-order valence-corrected chi connectivity index (χ3v) is 11.8. The van der Waals surface area contributed by atoms with Crippen molar-refractivity contribution in [2.75, 3.05) is 0 Å². The van der Waals surface area contributed by atoms with Crippen LogP contribution in [0.4, 0.5) is 4.39 Å². The maximum atomic E-state index is 14.7. The smallest absolute Gasteiger partial charge is 0.229 e. The molecule has 0 N–H and O–H groups in total. The summed E-state index contributed by atoms with van der Waals surface area (Å²) in [5.41, 5.74) is 0.458. The van der Waals surface area contributed by atoms with Gasteiger partial charge in [0, 0.05) is 24.9 Å². The molecule has 192 valence electrons. The molecule has 2 saturated carbocycles. The molecule has 2 unspecified atom stereocenters. The van der Waals surface area contributed by atoms with E-state index in [1.165, 1.54) is 18.5 Å². The van der Waals surface area contributed by atoms with Crippen LogP contribution in [0.25, 0.3) is 0 Å². The van der Waals surface area contributed by atoms with Crippen LogP contribution in [0.3, 0.4) is 0 Å². The summed E-state index contributed by atoms with van der Waals surface area (Å²) in [5, 5.41) is -0.689. The summed E-state index contributed by atoms with van der Waals surface area (Å²) in [5.74, 6) is -0.592. The van der Waals surface area contributed by atoms with Crippen LogP contribution in [0.2, 0.25) is 0 Å². The Morgan fingerprint density at radius 2 is 1.58 bits per heavy atom. The van der Waals surface area contributed by atoms with Gasteiger partial charge in [0.15, 0.2) is 21.4 Å². The van der Waals surface area contributed by atoms with Crippen molar-refractivity contribution < 1.29 is 30.7 Å². The van der Waals surface area contributed by atoms with Gasteiger partial charge in [-0.25, -0.2) is 31.2 Å². The third-order valence-electron chi connectivity index (χ3n) is 7.13. The number of ether oxygens (including phenoxy) is 2. The van der Waals surface area contributed by atoms with E-state index in [1.54, 1.807) is 11.2 Å². The Balaban J connectivity index is 1.16. The monoisotopic (exact) mass is 535 g/mol. The van der Waals surface area contributed by atoms with Crippen LogP contribution in [0.15, 0.2) is 41.6 Å². The van der Waals surface area contributed by atoms with Crippen LogP contribution in [-0.4, -0.2) is 59.8 Å². The molecule has 2 aromatic rings. The van der Waals surface area contributed by atoms with Crippen LogP contribution in [0.5, 0.6) is 17.5 Å². The summed E-state index contributed by atoms with van der Waals surface area (Å²) in [6.45, 7) is 1.69. The van der Waals surface area contributed by atoms with E-state index in [2.05, 4.69) is 9.97 Å². The van der Waals surface area contributed by atoms with Crippen LogP contribution < -0.4 is 9.47 Å². The van der Waals surface area contributed by atoms with Gasteiger partial charge in [0.1, 0.15) is 12.4 Å². The highest BCUT2D eigenvalue weighted by atomic mass is 32.2. The second-order valence-corrected chi connectivity index (χ2v) is 14.2. The average molecular weight is 536 g/mol. The zero-order valence-corrected chi connectivity index (χ0v) is 21.2. The van der Waals surface area contributed by atoms with Crippen molar-refractivity contribution in [3.8, 4) is 17.5 Å². The number of benzene rings is 1. The first kappa shape index (κ1) is 23.8. The van der Waals surface area contributed by atoms with Crippen molar-refractivity contribution >= 4 is 19.9 Å². The fourth-order valence-electron chi connectivity index (χ4n) is 4.90. The minimum absolute atomic E-state index is 0.0587. The molecule has 4 aliphatic rings. The van der Waals surface area contributed by atoms with Crippen LogP contribution in [-0.2, 0) is 19.9 Å². The van der Waals surface area contributed by atoms with E-state index < -0.39 is 30.9 Å². The zero-order chi connectivity index (χ0) is 25.2. The zero-order valence-electron chi connectivity index (χ0n) is 19.6.